The topological polar surface area (TPSA) is 47.9 Å². The van der Waals surface area contributed by atoms with E-state index in [-0.39, 0.29) is 0 Å². The molecule has 1 aliphatic rings. The molecule has 0 spiro atoms. The third kappa shape index (κ3) is 3.09. The second-order valence-electron chi connectivity index (χ2n) is 5.26. The molecular formula is C18H15N3S2. The zero-order valence-electron chi connectivity index (χ0n) is 12.8. The first-order valence-corrected chi connectivity index (χ1v) is 8.38. The van der Waals surface area contributed by atoms with Gasteiger partial charge in [-0.3, -0.25) is 0 Å². The lowest BCUT2D eigenvalue weighted by Gasteiger charge is -2.13. The van der Waals surface area contributed by atoms with Crippen molar-refractivity contribution in [2.75, 3.05) is 10.6 Å². The highest BCUT2D eigenvalue weighted by Gasteiger charge is 2.21. The van der Waals surface area contributed by atoms with Gasteiger partial charge in [-0.2, -0.15) is 5.26 Å². The number of aryl methyl sites for hydroxylation is 2. The van der Waals surface area contributed by atoms with E-state index < -0.39 is 0 Å². The minimum Gasteiger partial charge on any atom is -0.348 e. The second kappa shape index (κ2) is 6.45. The minimum atomic E-state index is 0.438. The van der Waals surface area contributed by atoms with E-state index in [9.17, 15) is 5.26 Å². The molecule has 2 N–H and O–H groups in total. The summed E-state index contributed by atoms with van der Waals surface area (Å²) in [4.78, 5) is 1.54. The van der Waals surface area contributed by atoms with Gasteiger partial charge in [0.15, 0.2) is 0 Å². The maximum Gasteiger partial charge on any atom is 0.124 e. The normalized spacial score (nSPS) is 14.5. The van der Waals surface area contributed by atoms with Gasteiger partial charge in [0.05, 0.1) is 10.7 Å². The molecule has 1 aliphatic heterocycles. The third-order valence-corrected chi connectivity index (χ3v) is 5.03. The van der Waals surface area contributed by atoms with Gasteiger partial charge in [-0.1, -0.05) is 54.3 Å². The molecule has 0 saturated heterocycles. The summed E-state index contributed by atoms with van der Waals surface area (Å²) in [6.45, 7) is 4.05. The number of fused-ring (bicyclic) bond motifs is 1. The summed E-state index contributed by atoms with van der Waals surface area (Å²) < 4.78 is 0. The molecule has 0 unspecified atom stereocenters. The first kappa shape index (κ1) is 15.6. The van der Waals surface area contributed by atoms with E-state index in [1.165, 1.54) is 11.8 Å². The van der Waals surface area contributed by atoms with Gasteiger partial charge in [-0.05, 0) is 37.1 Å². The number of hydrogen-bond acceptors (Lipinski definition) is 4. The van der Waals surface area contributed by atoms with Gasteiger partial charge in [-0.25, -0.2) is 0 Å². The van der Waals surface area contributed by atoms with Gasteiger partial charge >= 0.3 is 0 Å². The van der Waals surface area contributed by atoms with Crippen LogP contribution in [0.3, 0.4) is 0 Å². The zero-order valence-corrected chi connectivity index (χ0v) is 14.4. The molecule has 23 heavy (non-hydrogen) atoms. The molecule has 0 saturated carbocycles. The third-order valence-electron chi connectivity index (χ3n) is 3.63. The first-order chi connectivity index (χ1) is 11.1. The highest BCUT2D eigenvalue weighted by molar-refractivity contribution is 8.03. The quantitative estimate of drug-likeness (QED) is 0.459. The molecule has 0 aromatic heterocycles. The Bertz CT molecular complexity index is 816. The Morgan fingerprint density at radius 3 is 2.48 bits per heavy atom. The van der Waals surface area contributed by atoms with Crippen molar-refractivity contribution in [3.63, 3.8) is 0 Å². The minimum absolute atomic E-state index is 0.438. The molecule has 0 aliphatic carbocycles. The fourth-order valence-corrected chi connectivity index (χ4v) is 3.74. The molecule has 3 nitrogen and oxygen atoms in total. The smallest absolute Gasteiger partial charge is 0.124 e. The lowest BCUT2D eigenvalue weighted by molar-refractivity contribution is 1.37. The number of nitrogens with one attached hydrogen (secondary N) is 2. The van der Waals surface area contributed by atoms with Crippen molar-refractivity contribution in [1.29, 1.82) is 5.26 Å². The van der Waals surface area contributed by atoms with E-state index in [0.717, 1.165) is 32.4 Å². The molecule has 0 fully saturated rings. The van der Waals surface area contributed by atoms with Crippen LogP contribution in [0.15, 0.2) is 58.0 Å². The molecule has 3 rings (SSSR count). The van der Waals surface area contributed by atoms with Crippen molar-refractivity contribution < 1.29 is 0 Å². The summed E-state index contributed by atoms with van der Waals surface area (Å²) in [7, 11) is 0. The van der Waals surface area contributed by atoms with Gasteiger partial charge in [0, 0.05) is 10.6 Å². The fourth-order valence-electron chi connectivity index (χ4n) is 2.42. The van der Waals surface area contributed by atoms with E-state index in [4.69, 9.17) is 12.2 Å². The molecule has 0 bridgehead atoms. The van der Waals surface area contributed by atoms with E-state index in [1.807, 2.05) is 56.3 Å². The van der Waals surface area contributed by atoms with Crippen LogP contribution in [-0.4, -0.2) is 4.99 Å². The van der Waals surface area contributed by atoms with Crippen LogP contribution >= 0.6 is 24.0 Å². The van der Waals surface area contributed by atoms with Crippen molar-refractivity contribution in [3.05, 3.63) is 64.2 Å². The number of benzene rings is 2. The average Bonchev–Trinajstić information content (AvgIpc) is 2.95. The summed E-state index contributed by atoms with van der Waals surface area (Å²) >= 11 is 7.01. The number of thiocarbonyl (C=S) groups is 1. The number of thioether (sulfide) groups is 1. The highest BCUT2D eigenvalue weighted by atomic mass is 32.2. The van der Waals surface area contributed by atoms with Crippen LogP contribution in [0.4, 0.5) is 11.4 Å². The summed E-state index contributed by atoms with van der Waals surface area (Å²) in [6.07, 6.45) is 0. The Hall–Kier alpha value is -2.29. The van der Waals surface area contributed by atoms with Gasteiger partial charge in [0.1, 0.15) is 16.6 Å². The number of anilines is 2. The fraction of sp³-hybridized carbons (Fsp3) is 0.111. The van der Waals surface area contributed by atoms with Crippen molar-refractivity contribution in [3.8, 4) is 6.07 Å². The van der Waals surface area contributed by atoms with E-state index >= 15 is 0 Å². The zero-order chi connectivity index (χ0) is 16.4. The Labute approximate surface area is 145 Å². The number of para-hydroxylation sites is 2. The predicted molar refractivity (Wildman–Crippen MR) is 101 cm³/mol. The largest absolute Gasteiger partial charge is 0.348 e. The molecule has 0 atom stereocenters. The summed E-state index contributed by atoms with van der Waals surface area (Å²) in [5, 5.41) is 16.8. The Kier molecular flexibility index (Phi) is 4.37. The molecule has 2 aromatic rings. The van der Waals surface area contributed by atoms with E-state index in [2.05, 4.69) is 16.7 Å². The molecule has 1 heterocycles. The summed E-state index contributed by atoms with van der Waals surface area (Å²) in [6, 6.07) is 16.3. The lowest BCUT2D eigenvalue weighted by atomic mass is 10.1. The van der Waals surface area contributed by atoms with Crippen LogP contribution in [0.5, 0.6) is 0 Å². The van der Waals surface area contributed by atoms with Crippen LogP contribution in [0.2, 0.25) is 0 Å². The van der Waals surface area contributed by atoms with Gasteiger partial charge in [0.2, 0.25) is 0 Å². The number of nitriles is 1. The molecular weight excluding hydrogens is 322 g/mol. The Balaban J connectivity index is 1.90. The predicted octanol–water partition coefficient (Wildman–Crippen LogP) is 5.00. The van der Waals surface area contributed by atoms with Crippen molar-refractivity contribution in [1.82, 2.24) is 0 Å². The summed E-state index contributed by atoms with van der Waals surface area (Å²) in [5.41, 5.74) is 4.64. The maximum absolute atomic E-state index is 9.56. The van der Waals surface area contributed by atoms with Crippen LogP contribution in [0, 0.1) is 25.2 Å². The lowest BCUT2D eigenvalue weighted by Crippen LogP contribution is -2.15. The Morgan fingerprint density at radius 2 is 1.83 bits per heavy atom. The standard InChI is InChI=1S/C18H15N3S2/c1-11-6-5-7-12(2)16(11)21-17(22)13(10-19)18-20-14-8-3-4-9-15(14)23-18/h3-9,20H,1-2H3,(H,21,22). The SMILES string of the molecule is Cc1cccc(C)c1NC(=S)C(C#N)=C1Nc2ccccc2S1. The number of nitrogens with zero attached hydrogens (tertiary/aromatic N) is 1. The molecule has 0 radical (unpaired) electrons. The highest BCUT2D eigenvalue weighted by Crippen LogP contribution is 2.42. The maximum atomic E-state index is 9.56. The summed E-state index contributed by atoms with van der Waals surface area (Å²) in [5.74, 6) is 0. The second-order valence-corrected chi connectivity index (χ2v) is 6.72. The van der Waals surface area contributed by atoms with Crippen molar-refractivity contribution in [2.24, 2.45) is 0 Å². The molecule has 114 valence electrons. The molecule has 5 heteroatoms. The van der Waals surface area contributed by atoms with Gasteiger partial charge in [0.25, 0.3) is 0 Å². The van der Waals surface area contributed by atoms with Gasteiger partial charge in [-0.15, -0.1) is 0 Å². The van der Waals surface area contributed by atoms with E-state index in [0.29, 0.717) is 10.6 Å². The van der Waals surface area contributed by atoms with Crippen LogP contribution in [-0.2, 0) is 0 Å². The van der Waals surface area contributed by atoms with Crippen LogP contribution < -0.4 is 10.6 Å². The van der Waals surface area contributed by atoms with Crippen LogP contribution in [0.1, 0.15) is 11.1 Å². The monoisotopic (exact) mass is 337 g/mol. The van der Waals surface area contributed by atoms with Crippen molar-refractivity contribution >= 4 is 40.3 Å². The Morgan fingerprint density at radius 1 is 1.13 bits per heavy atom. The molecule has 0 amide bonds. The number of rotatable bonds is 2. The van der Waals surface area contributed by atoms with Crippen LogP contribution in [0.25, 0.3) is 0 Å². The van der Waals surface area contributed by atoms with Crippen molar-refractivity contribution in [2.45, 2.75) is 18.7 Å². The average molecular weight is 337 g/mol. The van der Waals surface area contributed by atoms with E-state index in [1.54, 1.807) is 0 Å². The van der Waals surface area contributed by atoms with Gasteiger partial charge < -0.3 is 10.6 Å². The molecule has 2 aromatic carbocycles. The number of hydrogen-bond donors (Lipinski definition) is 2. The first-order valence-electron chi connectivity index (χ1n) is 7.16.